The molecule has 1 amide bonds. The van der Waals surface area contributed by atoms with E-state index in [-0.39, 0.29) is 24.9 Å². The number of amides is 1. The van der Waals surface area contributed by atoms with Gasteiger partial charge in [-0.25, -0.2) is 0 Å². The molecule has 2 aromatic rings. The lowest BCUT2D eigenvalue weighted by Gasteiger charge is -2.08. The van der Waals surface area contributed by atoms with E-state index in [2.05, 4.69) is 5.32 Å². The van der Waals surface area contributed by atoms with Crippen molar-refractivity contribution >= 4 is 28.9 Å². The standard InChI is InChI=1S/C17H19NO4S/c1-2-21-15-6-4-14(5-7-15)18-16(19)11-22-17(20)8-3-13-9-10-23-12-13/h4-7,9-10,12H,2-3,8,11H2,1H3,(H,18,19). The zero-order valence-corrected chi connectivity index (χ0v) is 13.7. The fourth-order valence-corrected chi connectivity index (χ4v) is 2.60. The van der Waals surface area contributed by atoms with Crippen LogP contribution in [0.15, 0.2) is 41.1 Å². The number of anilines is 1. The second-order valence-corrected chi connectivity index (χ2v) is 5.58. The first-order valence-electron chi connectivity index (χ1n) is 7.37. The first kappa shape index (κ1) is 17.0. The average Bonchev–Trinajstić information content (AvgIpc) is 3.06. The second-order valence-electron chi connectivity index (χ2n) is 4.80. The van der Waals surface area contributed by atoms with Crippen molar-refractivity contribution in [3.8, 4) is 5.75 Å². The van der Waals surface area contributed by atoms with Crippen LogP contribution < -0.4 is 10.1 Å². The lowest BCUT2D eigenvalue weighted by Crippen LogP contribution is -2.21. The molecule has 0 aliphatic rings. The van der Waals surface area contributed by atoms with Gasteiger partial charge in [0.25, 0.3) is 5.91 Å². The number of nitrogens with one attached hydrogen (secondary N) is 1. The fraction of sp³-hybridized carbons (Fsp3) is 0.294. The molecule has 0 spiro atoms. The highest BCUT2D eigenvalue weighted by Gasteiger charge is 2.08. The van der Waals surface area contributed by atoms with Crippen molar-refractivity contribution in [1.82, 2.24) is 0 Å². The summed E-state index contributed by atoms with van der Waals surface area (Å²) in [5.41, 5.74) is 1.73. The summed E-state index contributed by atoms with van der Waals surface area (Å²) in [7, 11) is 0. The Morgan fingerprint density at radius 2 is 1.96 bits per heavy atom. The van der Waals surface area contributed by atoms with Gasteiger partial charge in [0.2, 0.25) is 0 Å². The largest absolute Gasteiger partial charge is 0.494 e. The van der Waals surface area contributed by atoms with Crippen molar-refractivity contribution in [2.75, 3.05) is 18.5 Å². The quantitative estimate of drug-likeness (QED) is 0.753. The van der Waals surface area contributed by atoms with Crippen LogP contribution in [-0.2, 0) is 20.7 Å². The highest BCUT2D eigenvalue weighted by atomic mass is 32.1. The number of esters is 1. The number of carbonyl (C=O) groups is 2. The molecule has 0 aliphatic heterocycles. The lowest BCUT2D eigenvalue weighted by molar-refractivity contribution is -0.147. The molecule has 1 N–H and O–H groups in total. The van der Waals surface area contributed by atoms with Crippen molar-refractivity contribution in [3.63, 3.8) is 0 Å². The number of carbonyl (C=O) groups excluding carboxylic acids is 2. The molecule has 0 radical (unpaired) electrons. The Morgan fingerprint density at radius 3 is 2.61 bits per heavy atom. The maximum atomic E-state index is 11.7. The molecule has 0 saturated carbocycles. The summed E-state index contributed by atoms with van der Waals surface area (Å²) in [6, 6.07) is 8.98. The third-order valence-corrected chi connectivity index (χ3v) is 3.74. The highest BCUT2D eigenvalue weighted by molar-refractivity contribution is 7.07. The Morgan fingerprint density at radius 1 is 1.17 bits per heavy atom. The van der Waals surface area contributed by atoms with Crippen LogP contribution in [0.2, 0.25) is 0 Å². The summed E-state index contributed by atoms with van der Waals surface area (Å²) in [6.45, 7) is 2.21. The van der Waals surface area contributed by atoms with Crippen molar-refractivity contribution in [3.05, 3.63) is 46.7 Å². The van der Waals surface area contributed by atoms with E-state index in [0.29, 0.717) is 18.7 Å². The molecule has 0 aliphatic carbocycles. The molecular weight excluding hydrogens is 314 g/mol. The van der Waals surface area contributed by atoms with Crippen molar-refractivity contribution in [2.45, 2.75) is 19.8 Å². The molecule has 0 fully saturated rings. The van der Waals surface area contributed by atoms with Crippen LogP contribution in [0.3, 0.4) is 0 Å². The number of hydrogen-bond acceptors (Lipinski definition) is 5. The van der Waals surface area contributed by atoms with E-state index in [9.17, 15) is 9.59 Å². The predicted octanol–water partition coefficient (Wildman–Crippen LogP) is 3.26. The van der Waals surface area contributed by atoms with Gasteiger partial charge in [0.15, 0.2) is 6.61 Å². The first-order chi connectivity index (χ1) is 11.2. The number of aryl methyl sites for hydroxylation is 1. The van der Waals surface area contributed by atoms with Gasteiger partial charge in [-0.2, -0.15) is 11.3 Å². The normalized spacial score (nSPS) is 10.1. The zero-order valence-electron chi connectivity index (χ0n) is 12.9. The van der Waals surface area contributed by atoms with Gasteiger partial charge in [0.1, 0.15) is 5.75 Å². The van der Waals surface area contributed by atoms with Gasteiger partial charge in [0, 0.05) is 12.1 Å². The topological polar surface area (TPSA) is 64.6 Å². The van der Waals surface area contributed by atoms with Gasteiger partial charge in [-0.05, 0) is 60.0 Å². The minimum absolute atomic E-state index is 0.271. The van der Waals surface area contributed by atoms with Crippen LogP contribution in [-0.4, -0.2) is 25.1 Å². The van der Waals surface area contributed by atoms with Crippen LogP contribution in [0.5, 0.6) is 5.75 Å². The number of ether oxygens (including phenoxy) is 2. The van der Waals surface area contributed by atoms with Gasteiger partial charge < -0.3 is 14.8 Å². The molecule has 23 heavy (non-hydrogen) atoms. The molecule has 0 atom stereocenters. The van der Waals surface area contributed by atoms with Gasteiger partial charge in [-0.1, -0.05) is 0 Å². The van der Waals surface area contributed by atoms with E-state index >= 15 is 0 Å². The predicted molar refractivity (Wildman–Crippen MR) is 89.8 cm³/mol. The summed E-state index contributed by atoms with van der Waals surface area (Å²) in [5, 5.41) is 6.62. The monoisotopic (exact) mass is 333 g/mol. The van der Waals surface area contributed by atoms with Gasteiger partial charge in [0.05, 0.1) is 6.61 Å². The van der Waals surface area contributed by atoms with E-state index in [1.165, 1.54) is 0 Å². The lowest BCUT2D eigenvalue weighted by atomic mass is 10.2. The summed E-state index contributed by atoms with van der Waals surface area (Å²) >= 11 is 1.59. The van der Waals surface area contributed by atoms with E-state index in [0.717, 1.165) is 11.3 Å². The molecule has 122 valence electrons. The third kappa shape index (κ3) is 6.12. The Hall–Kier alpha value is -2.34. The van der Waals surface area contributed by atoms with Crippen LogP contribution in [0, 0.1) is 0 Å². The van der Waals surface area contributed by atoms with Crippen LogP contribution in [0.1, 0.15) is 18.9 Å². The molecule has 5 nitrogen and oxygen atoms in total. The number of thiophene rings is 1. The number of benzene rings is 1. The zero-order chi connectivity index (χ0) is 16.5. The Kier molecular flexibility index (Phi) is 6.62. The summed E-state index contributed by atoms with van der Waals surface area (Å²) in [6.07, 6.45) is 0.899. The first-order valence-corrected chi connectivity index (χ1v) is 8.31. The SMILES string of the molecule is CCOc1ccc(NC(=O)COC(=O)CCc2ccsc2)cc1. The minimum Gasteiger partial charge on any atom is -0.494 e. The number of rotatable bonds is 8. The molecule has 6 heteroatoms. The smallest absolute Gasteiger partial charge is 0.306 e. The molecule has 1 heterocycles. The summed E-state index contributed by atoms with van der Waals surface area (Å²) in [4.78, 5) is 23.3. The van der Waals surface area contributed by atoms with Crippen molar-refractivity contribution in [2.24, 2.45) is 0 Å². The molecule has 2 rings (SSSR count). The van der Waals surface area contributed by atoms with Gasteiger partial charge >= 0.3 is 5.97 Å². The van der Waals surface area contributed by atoms with E-state index in [1.807, 2.05) is 23.8 Å². The van der Waals surface area contributed by atoms with Crippen LogP contribution in [0.25, 0.3) is 0 Å². The van der Waals surface area contributed by atoms with E-state index in [4.69, 9.17) is 9.47 Å². The highest BCUT2D eigenvalue weighted by Crippen LogP contribution is 2.15. The van der Waals surface area contributed by atoms with Crippen molar-refractivity contribution in [1.29, 1.82) is 0 Å². The van der Waals surface area contributed by atoms with Gasteiger partial charge in [-0.3, -0.25) is 9.59 Å². The molecule has 0 saturated heterocycles. The average molecular weight is 333 g/mol. The van der Waals surface area contributed by atoms with Gasteiger partial charge in [-0.15, -0.1) is 0 Å². The maximum Gasteiger partial charge on any atom is 0.306 e. The summed E-state index contributed by atoms with van der Waals surface area (Å²) in [5.74, 6) is 0.00134. The second kappa shape index (κ2) is 8.95. The minimum atomic E-state index is -0.377. The van der Waals surface area contributed by atoms with Crippen LogP contribution in [0.4, 0.5) is 5.69 Å². The van der Waals surface area contributed by atoms with E-state index < -0.39 is 0 Å². The number of hydrogen-bond donors (Lipinski definition) is 1. The molecule has 0 unspecified atom stereocenters. The summed E-state index contributed by atoms with van der Waals surface area (Å²) < 4.78 is 10.3. The molecule has 1 aromatic carbocycles. The molecular formula is C17H19NO4S. The Bertz CT molecular complexity index is 623. The molecule has 0 bridgehead atoms. The maximum absolute atomic E-state index is 11.7. The third-order valence-electron chi connectivity index (χ3n) is 3.01. The Balaban J connectivity index is 1.68. The Labute approximate surface area is 139 Å². The fourth-order valence-electron chi connectivity index (χ4n) is 1.90. The van der Waals surface area contributed by atoms with Crippen LogP contribution >= 0.6 is 11.3 Å². The van der Waals surface area contributed by atoms with E-state index in [1.54, 1.807) is 35.6 Å². The van der Waals surface area contributed by atoms with Crippen molar-refractivity contribution < 1.29 is 19.1 Å². The molecule has 1 aromatic heterocycles.